The van der Waals surface area contributed by atoms with Crippen LogP contribution in [0.1, 0.15) is 61.3 Å². The number of carbonyl (C=O) groups is 2. The lowest BCUT2D eigenvalue weighted by molar-refractivity contribution is -0.141. The summed E-state index contributed by atoms with van der Waals surface area (Å²) in [5.74, 6) is -0.0871. The van der Waals surface area contributed by atoms with Crippen molar-refractivity contribution in [2.24, 2.45) is 0 Å². The Bertz CT molecular complexity index is 932. The van der Waals surface area contributed by atoms with Crippen LogP contribution in [-0.4, -0.2) is 27.7 Å². The van der Waals surface area contributed by atoms with Gasteiger partial charge in [-0.2, -0.15) is 0 Å². The van der Waals surface area contributed by atoms with Crippen molar-refractivity contribution in [1.82, 2.24) is 4.90 Å². The number of aliphatic hydroxyl groups is 1. The molecule has 1 saturated heterocycles. The summed E-state index contributed by atoms with van der Waals surface area (Å²) < 4.78 is 5.82. The number of aryl methyl sites for hydroxylation is 2. The molecular formula is C23H25NO4. The Morgan fingerprint density at radius 2 is 1.79 bits per heavy atom. The van der Waals surface area contributed by atoms with E-state index in [1.165, 1.54) is 0 Å². The van der Waals surface area contributed by atoms with E-state index in [0.717, 1.165) is 37.7 Å². The van der Waals surface area contributed by atoms with Gasteiger partial charge in [-0.25, -0.2) is 0 Å². The number of Topliss-reactive ketones (excluding diaryl/α,β-unsaturated/α-hetero) is 1. The zero-order valence-corrected chi connectivity index (χ0v) is 16.3. The van der Waals surface area contributed by atoms with Crippen molar-refractivity contribution in [3.63, 3.8) is 0 Å². The number of aliphatic hydroxyl groups excluding tert-OH is 1. The van der Waals surface area contributed by atoms with Crippen LogP contribution in [0, 0.1) is 6.92 Å². The second kappa shape index (κ2) is 7.30. The first kappa shape index (κ1) is 18.5. The molecule has 1 aromatic carbocycles. The van der Waals surface area contributed by atoms with Crippen LogP contribution in [0.2, 0.25) is 0 Å². The fraction of sp³-hybridized carbons (Fsp3) is 0.391. The van der Waals surface area contributed by atoms with Crippen LogP contribution < -0.4 is 0 Å². The average Bonchev–Trinajstić information content (AvgIpc) is 3.43. The summed E-state index contributed by atoms with van der Waals surface area (Å²) in [6, 6.07) is 10.4. The molecule has 5 nitrogen and oxygen atoms in total. The lowest BCUT2D eigenvalue weighted by atomic mass is 9.98. The number of amides is 1. The molecule has 1 aliphatic carbocycles. The van der Waals surface area contributed by atoms with Gasteiger partial charge in [0.05, 0.1) is 5.57 Å². The molecule has 2 fully saturated rings. The third-order valence-electron chi connectivity index (χ3n) is 5.86. The number of rotatable bonds is 4. The number of carbonyl (C=O) groups excluding carboxylic acids is 2. The Morgan fingerprint density at radius 3 is 2.36 bits per heavy atom. The molecule has 28 heavy (non-hydrogen) atoms. The fourth-order valence-corrected chi connectivity index (χ4v) is 4.34. The number of nitrogens with zero attached hydrogens (tertiary/aromatic N) is 1. The molecule has 0 bridgehead atoms. The molecule has 4 rings (SSSR count). The van der Waals surface area contributed by atoms with E-state index in [-0.39, 0.29) is 17.4 Å². The number of likely N-dealkylation sites (tertiary alicyclic amines) is 1. The van der Waals surface area contributed by atoms with Gasteiger partial charge in [-0.3, -0.25) is 9.59 Å². The van der Waals surface area contributed by atoms with Crippen molar-refractivity contribution in [3.05, 3.63) is 64.6 Å². The highest BCUT2D eigenvalue weighted by molar-refractivity contribution is 6.46. The van der Waals surface area contributed by atoms with Gasteiger partial charge in [0.2, 0.25) is 0 Å². The van der Waals surface area contributed by atoms with E-state index in [1.54, 1.807) is 23.1 Å². The normalized spacial score (nSPS) is 22.4. The maximum absolute atomic E-state index is 13.0. The molecule has 5 heteroatoms. The second-order valence-corrected chi connectivity index (χ2v) is 7.64. The van der Waals surface area contributed by atoms with Gasteiger partial charge in [0.1, 0.15) is 23.3 Å². The van der Waals surface area contributed by atoms with Crippen molar-refractivity contribution in [1.29, 1.82) is 0 Å². The summed E-state index contributed by atoms with van der Waals surface area (Å²) in [6.07, 6.45) is 4.70. The standard InChI is InChI=1S/C23H25NO4/c1-3-15-9-11-16(12-10-15)21(25)19-20(18-13-8-14(2)28-18)24(23(27)22(19)26)17-6-4-5-7-17/h8-13,17,20,25H,3-7H2,1-2H3/b21-19-. The van der Waals surface area contributed by atoms with Crippen molar-refractivity contribution in [3.8, 4) is 0 Å². The summed E-state index contributed by atoms with van der Waals surface area (Å²) in [4.78, 5) is 27.5. The van der Waals surface area contributed by atoms with Gasteiger partial charge >= 0.3 is 0 Å². The van der Waals surface area contributed by atoms with E-state index >= 15 is 0 Å². The quantitative estimate of drug-likeness (QED) is 0.482. The molecule has 1 N–H and O–H groups in total. The van der Waals surface area contributed by atoms with Crippen molar-refractivity contribution in [2.45, 2.75) is 58.0 Å². The summed E-state index contributed by atoms with van der Waals surface area (Å²) in [5, 5.41) is 11.0. The molecule has 1 saturated carbocycles. The molecule has 1 atom stereocenters. The van der Waals surface area contributed by atoms with Gasteiger partial charge in [0, 0.05) is 11.6 Å². The first-order valence-electron chi connectivity index (χ1n) is 9.97. The van der Waals surface area contributed by atoms with Crippen molar-refractivity contribution in [2.75, 3.05) is 0 Å². The Morgan fingerprint density at radius 1 is 1.11 bits per heavy atom. The highest BCUT2D eigenvalue weighted by atomic mass is 16.3. The van der Waals surface area contributed by atoms with E-state index < -0.39 is 17.7 Å². The molecule has 146 valence electrons. The number of hydrogen-bond acceptors (Lipinski definition) is 4. The van der Waals surface area contributed by atoms with Crippen molar-refractivity contribution < 1.29 is 19.1 Å². The topological polar surface area (TPSA) is 70.8 Å². The SMILES string of the molecule is CCc1ccc(/C(O)=C2/C(=O)C(=O)N(C3CCCC3)C2c2ccc(C)o2)cc1. The van der Waals surface area contributed by atoms with E-state index in [0.29, 0.717) is 17.1 Å². The number of benzene rings is 1. The summed E-state index contributed by atoms with van der Waals surface area (Å²) in [5.41, 5.74) is 1.80. The van der Waals surface area contributed by atoms with Gasteiger partial charge in [0.15, 0.2) is 0 Å². The zero-order valence-electron chi connectivity index (χ0n) is 16.3. The molecule has 1 aliphatic heterocycles. The largest absolute Gasteiger partial charge is 0.507 e. The molecular weight excluding hydrogens is 354 g/mol. The third kappa shape index (κ3) is 3.05. The van der Waals surface area contributed by atoms with Crippen molar-refractivity contribution >= 4 is 17.4 Å². The maximum Gasteiger partial charge on any atom is 0.296 e. The van der Waals surface area contributed by atoms with Gasteiger partial charge < -0.3 is 14.4 Å². The molecule has 0 radical (unpaired) electrons. The van der Waals surface area contributed by atoms with Gasteiger partial charge in [-0.15, -0.1) is 0 Å². The summed E-state index contributed by atoms with van der Waals surface area (Å²) >= 11 is 0. The highest BCUT2D eigenvalue weighted by Crippen LogP contribution is 2.43. The third-order valence-corrected chi connectivity index (χ3v) is 5.86. The Balaban J connectivity index is 1.84. The molecule has 2 aliphatic rings. The number of ketones is 1. The summed E-state index contributed by atoms with van der Waals surface area (Å²) in [6.45, 7) is 3.88. The Labute approximate surface area is 164 Å². The van der Waals surface area contributed by atoms with Gasteiger partial charge in [0.25, 0.3) is 11.7 Å². The van der Waals surface area contributed by atoms with Gasteiger partial charge in [-0.1, -0.05) is 44.0 Å². The van der Waals surface area contributed by atoms with Crippen LogP contribution in [0.15, 0.2) is 46.4 Å². The van der Waals surface area contributed by atoms with E-state index in [9.17, 15) is 14.7 Å². The Kier molecular flexibility index (Phi) is 4.84. The van der Waals surface area contributed by atoms with Crippen LogP contribution in [0.25, 0.3) is 5.76 Å². The minimum absolute atomic E-state index is 0.000349. The predicted molar refractivity (Wildman–Crippen MR) is 106 cm³/mol. The molecule has 2 aromatic rings. The van der Waals surface area contributed by atoms with Gasteiger partial charge in [-0.05, 0) is 43.9 Å². The maximum atomic E-state index is 13.0. The van der Waals surface area contributed by atoms with Crippen LogP contribution in [0.5, 0.6) is 0 Å². The predicted octanol–water partition coefficient (Wildman–Crippen LogP) is 4.51. The molecule has 1 amide bonds. The molecule has 1 unspecified atom stereocenters. The smallest absolute Gasteiger partial charge is 0.296 e. The monoisotopic (exact) mass is 379 g/mol. The number of hydrogen-bond donors (Lipinski definition) is 1. The number of furan rings is 1. The first-order valence-corrected chi connectivity index (χ1v) is 9.97. The van der Waals surface area contributed by atoms with Crippen LogP contribution in [0.3, 0.4) is 0 Å². The zero-order chi connectivity index (χ0) is 19.8. The Hall–Kier alpha value is -2.82. The van der Waals surface area contributed by atoms with Crippen LogP contribution in [0.4, 0.5) is 0 Å². The molecule has 0 spiro atoms. The highest BCUT2D eigenvalue weighted by Gasteiger charge is 2.50. The summed E-state index contributed by atoms with van der Waals surface area (Å²) in [7, 11) is 0. The van der Waals surface area contributed by atoms with Crippen LogP contribution in [-0.2, 0) is 16.0 Å². The molecule has 1 aromatic heterocycles. The lowest BCUT2D eigenvalue weighted by Gasteiger charge is -2.29. The first-order chi connectivity index (χ1) is 13.5. The lowest BCUT2D eigenvalue weighted by Crippen LogP contribution is -2.37. The molecule has 2 heterocycles. The minimum Gasteiger partial charge on any atom is -0.507 e. The average molecular weight is 379 g/mol. The minimum atomic E-state index is -0.678. The van der Waals surface area contributed by atoms with E-state index in [1.807, 2.05) is 25.1 Å². The van der Waals surface area contributed by atoms with Crippen LogP contribution >= 0.6 is 0 Å². The van der Waals surface area contributed by atoms with E-state index in [2.05, 4.69) is 6.92 Å². The van der Waals surface area contributed by atoms with E-state index in [4.69, 9.17) is 4.42 Å². The second-order valence-electron chi connectivity index (χ2n) is 7.64. The fourth-order valence-electron chi connectivity index (χ4n) is 4.34.